The van der Waals surface area contributed by atoms with Crippen LogP contribution in [0.5, 0.6) is 0 Å². The molecular weight excluding hydrogens is 431 g/mol. The monoisotopic (exact) mass is 462 g/mol. The largest absolute Gasteiger partial charge is 0.388 e. The van der Waals surface area contributed by atoms with Crippen molar-refractivity contribution in [1.29, 1.82) is 0 Å². The molecule has 0 amide bonds. The summed E-state index contributed by atoms with van der Waals surface area (Å²) in [5, 5.41) is 21.9. The molecule has 1 aromatic rings. The lowest BCUT2D eigenvalue weighted by molar-refractivity contribution is 0.0131. The lowest BCUT2D eigenvalue weighted by atomic mass is 9.85. The van der Waals surface area contributed by atoms with Gasteiger partial charge in [0, 0.05) is 13.1 Å². The van der Waals surface area contributed by atoms with Gasteiger partial charge in [-0.25, -0.2) is 9.67 Å². The normalized spacial score (nSPS) is 22.7. The Bertz CT molecular complexity index is 582. The number of aliphatic imine (C=N–C) groups is 1. The van der Waals surface area contributed by atoms with E-state index in [0.717, 1.165) is 69.2 Å². The first-order valence-corrected chi connectivity index (χ1v) is 9.28. The zero-order chi connectivity index (χ0) is 17.0. The number of guanidine groups is 1. The molecular formula is C17H31IN6O. The van der Waals surface area contributed by atoms with Crippen LogP contribution in [0.4, 0.5) is 0 Å². The molecule has 0 radical (unpaired) electrons. The van der Waals surface area contributed by atoms with Crippen LogP contribution < -0.4 is 10.6 Å². The maximum Gasteiger partial charge on any atom is 0.191 e. The Hall–Kier alpha value is -0.900. The van der Waals surface area contributed by atoms with Gasteiger partial charge in [0.2, 0.25) is 0 Å². The zero-order valence-electron chi connectivity index (χ0n) is 15.3. The number of hydrogen-bond acceptors (Lipinski definition) is 4. The summed E-state index contributed by atoms with van der Waals surface area (Å²) in [7, 11) is 0. The molecule has 1 aromatic heterocycles. The average Bonchev–Trinajstić information content (AvgIpc) is 2.95. The van der Waals surface area contributed by atoms with Gasteiger partial charge < -0.3 is 15.7 Å². The summed E-state index contributed by atoms with van der Waals surface area (Å²) < 4.78 is 1.99. The fourth-order valence-corrected chi connectivity index (χ4v) is 3.68. The van der Waals surface area contributed by atoms with Crippen LogP contribution in [0.2, 0.25) is 0 Å². The molecule has 1 atom stereocenters. The molecule has 3 rings (SSSR count). The predicted octanol–water partition coefficient (Wildman–Crippen LogP) is 2.29. The SMILES string of the molecule is CCNC(=NCC1(O)CCCCC1)NC1CCCn2nc(C)nc21.I. The number of rotatable bonds is 4. The molecule has 1 unspecified atom stereocenters. The lowest BCUT2D eigenvalue weighted by Gasteiger charge is -2.31. The molecule has 3 N–H and O–H groups in total. The second kappa shape index (κ2) is 9.16. The molecule has 25 heavy (non-hydrogen) atoms. The van der Waals surface area contributed by atoms with Crippen LogP contribution in [0.1, 0.15) is 69.6 Å². The predicted molar refractivity (Wildman–Crippen MR) is 109 cm³/mol. The number of nitrogens with one attached hydrogen (secondary N) is 2. The summed E-state index contributed by atoms with van der Waals surface area (Å²) in [5.41, 5.74) is -0.635. The van der Waals surface area contributed by atoms with Crippen molar-refractivity contribution in [3.05, 3.63) is 11.6 Å². The van der Waals surface area contributed by atoms with Gasteiger partial charge in [-0.15, -0.1) is 24.0 Å². The van der Waals surface area contributed by atoms with E-state index in [4.69, 9.17) is 0 Å². The maximum atomic E-state index is 10.7. The van der Waals surface area contributed by atoms with E-state index in [2.05, 4.69) is 32.6 Å². The van der Waals surface area contributed by atoms with E-state index in [1.165, 1.54) is 6.42 Å². The zero-order valence-corrected chi connectivity index (χ0v) is 17.6. The van der Waals surface area contributed by atoms with Crippen molar-refractivity contribution in [2.75, 3.05) is 13.1 Å². The first-order chi connectivity index (χ1) is 11.6. The van der Waals surface area contributed by atoms with Crippen LogP contribution in [-0.4, -0.2) is 44.5 Å². The van der Waals surface area contributed by atoms with Crippen LogP contribution in [0.25, 0.3) is 0 Å². The first-order valence-electron chi connectivity index (χ1n) is 9.28. The molecule has 0 bridgehead atoms. The second-order valence-corrected chi connectivity index (χ2v) is 7.06. The highest BCUT2D eigenvalue weighted by atomic mass is 127. The van der Waals surface area contributed by atoms with E-state index in [9.17, 15) is 5.11 Å². The standard InChI is InChI=1S/C17H30N6O.HI/c1-3-18-16(19-12-17(24)9-5-4-6-10-17)21-14-8-7-11-23-15(14)20-13(2)22-23;/h14,24H,3-12H2,1-2H3,(H2,18,19,21);1H. The number of aromatic nitrogens is 3. The van der Waals surface area contributed by atoms with Crippen LogP contribution in [-0.2, 0) is 6.54 Å². The summed E-state index contributed by atoms with van der Waals surface area (Å²) in [6.45, 7) is 6.17. The molecule has 7 nitrogen and oxygen atoms in total. The molecule has 1 aliphatic heterocycles. The topological polar surface area (TPSA) is 87.4 Å². The molecule has 2 heterocycles. The fourth-order valence-electron chi connectivity index (χ4n) is 3.68. The molecule has 0 saturated heterocycles. The Balaban J connectivity index is 0.00000225. The van der Waals surface area contributed by atoms with Gasteiger partial charge >= 0.3 is 0 Å². The van der Waals surface area contributed by atoms with Crippen molar-refractivity contribution in [3.8, 4) is 0 Å². The number of hydrogen-bond donors (Lipinski definition) is 3. The van der Waals surface area contributed by atoms with Gasteiger partial charge in [0.25, 0.3) is 0 Å². The van der Waals surface area contributed by atoms with Gasteiger partial charge in [-0.1, -0.05) is 19.3 Å². The summed E-state index contributed by atoms with van der Waals surface area (Å²) in [5.74, 6) is 2.56. The Morgan fingerprint density at radius 3 is 2.80 bits per heavy atom. The van der Waals surface area contributed by atoms with Gasteiger partial charge in [-0.2, -0.15) is 5.10 Å². The number of halogens is 1. The van der Waals surface area contributed by atoms with E-state index >= 15 is 0 Å². The van der Waals surface area contributed by atoms with Gasteiger partial charge in [0.15, 0.2) is 5.96 Å². The van der Waals surface area contributed by atoms with Crippen molar-refractivity contribution in [1.82, 2.24) is 25.4 Å². The number of aliphatic hydroxyl groups is 1. The van der Waals surface area contributed by atoms with Gasteiger partial charge in [0.05, 0.1) is 18.2 Å². The molecule has 0 aromatic carbocycles. The van der Waals surface area contributed by atoms with Crippen molar-refractivity contribution >= 4 is 29.9 Å². The van der Waals surface area contributed by atoms with Gasteiger partial charge in [-0.05, 0) is 39.5 Å². The minimum atomic E-state index is -0.635. The first kappa shape index (κ1) is 20.4. The third-order valence-corrected chi connectivity index (χ3v) is 4.95. The van der Waals surface area contributed by atoms with E-state index in [1.807, 2.05) is 11.6 Å². The fraction of sp³-hybridized carbons (Fsp3) is 0.824. The van der Waals surface area contributed by atoms with Crippen molar-refractivity contribution < 1.29 is 5.11 Å². The van der Waals surface area contributed by atoms with Crippen molar-refractivity contribution in [3.63, 3.8) is 0 Å². The highest BCUT2D eigenvalue weighted by Gasteiger charge is 2.29. The average molecular weight is 462 g/mol. The molecule has 0 spiro atoms. The molecule has 1 aliphatic carbocycles. The number of aryl methyl sites for hydroxylation is 2. The molecule has 1 saturated carbocycles. The minimum Gasteiger partial charge on any atom is -0.388 e. The van der Waals surface area contributed by atoms with Crippen LogP contribution in [0, 0.1) is 6.92 Å². The Kier molecular flexibility index (Phi) is 7.48. The summed E-state index contributed by atoms with van der Waals surface area (Å²) in [4.78, 5) is 9.24. The van der Waals surface area contributed by atoms with E-state index < -0.39 is 5.60 Å². The smallest absolute Gasteiger partial charge is 0.191 e. The highest BCUT2D eigenvalue weighted by molar-refractivity contribution is 14.0. The van der Waals surface area contributed by atoms with Crippen molar-refractivity contribution in [2.24, 2.45) is 4.99 Å². The Labute approximate surface area is 167 Å². The van der Waals surface area contributed by atoms with Crippen LogP contribution in [0.15, 0.2) is 4.99 Å². The van der Waals surface area contributed by atoms with Crippen molar-refractivity contribution in [2.45, 2.75) is 77.0 Å². The van der Waals surface area contributed by atoms with E-state index in [-0.39, 0.29) is 30.0 Å². The maximum absolute atomic E-state index is 10.7. The molecule has 1 fully saturated rings. The third-order valence-electron chi connectivity index (χ3n) is 4.95. The molecule has 8 heteroatoms. The summed E-state index contributed by atoms with van der Waals surface area (Å²) >= 11 is 0. The summed E-state index contributed by atoms with van der Waals surface area (Å²) in [6.07, 6.45) is 7.23. The highest BCUT2D eigenvalue weighted by Crippen LogP contribution is 2.28. The van der Waals surface area contributed by atoms with Gasteiger partial charge in [-0.3, -0.25) is 4.99 Å². The number of nitrogens with zero attached hydrogens (tertiary/aromatic N) is 4. The summed E-state index contributed by atoms with van der Waals surface area (Å²) in [6, 6.07) is 0.124. The quantitative estimate of drug-likeness (QED) is 0.363. The minimum absolute atomic E-state index is 0. The molecule has 2 aliphatic rings. The third kappa shape index (κ3) is 5.29. The number of fused-ring (bicyclic) bond motifs is 1. The van der Waals surface area contributed by atoms with Crippen LogP contribution in [0.3, 0.4) is 0 Å². The van der Waals surface area contributed by atoms with E-state index in [1.54, 1.807) is 0 Å². The van der Waals surface area contributed by atoms with Crippen LogP contribution >= 0.6 is 24.0 Å². The Morgan fingerprint density at radius 2 is 2.08 bits per heavy atom. The Morgan fingerprint density at radius 1 is 1.32 bits per heavy atom. The second-order valence-electron chi connectivity index (χ2n) is 7.06. The van der Waals surface area contributed by atoms with Gasteiger partial charge in [0.1, 0.15) is 11.6 Å². The van der Waals surface area contributed by atoms with E-state index in [0.29, 0.717) is 6.54 Å². The lowest BCUT2D eigenvalue weighted by Crippen LogP contribution is -2.43. The molecule has 142 valence electrons.